The van der Waals surface area contributed by atoms with E-state index >= 15 is 0 Å². The van der Waals surface area contributed by atoms with Gasteiger partial charge in [0.15, 0.2) is 0 Å². The van der Waals surface area contributed by atoms with Gasteiger partial charge in [-0.25, -0.2) is 13.1 Å². The van der Waals surface area contributed by atoms with Crippen molar-refractivity contribution in [2.45, 2.75) is 24.9 Å². The quantitative estimate of drug-likeness (QED) is 0.888. The smallest absolute Gasteiger partial charge is 0.241 e. The Kier molecular flexibility index (Phi) is 5.00. The van der Waals surface area contributed by atoms with E-state index < -0.39 is 10.0 Å². The van der Waals surface area contributed by atoms with Crippen molar-refractivity contribution in [2.24, 2.45) is 5.73 Å². The van der Waals surface area contributed by atoms with Crippen molar-refractivity contribution in [1.29, 1.82) is 0 Å². The first-order valence-electron chi connectivity index (χ1n) is 6.46. The Morgan fingerprint density at radius 1 is 1.10 bits per heavy atom. The molecule has 0 spiro atoms. The van der Waals surface area contributed by atoms with Crippen LogP contribution in [-0.2, 0) is 23.1 Å². The molecule has 2 aromatic rings. The highest BCUT2D eigenvalue weighted by molar-refractivity contribution is 7.89. The molecule has 0 aromatic heterocycles. The molecule has 4 nitrogen and oxygen atoms in total. The Balaban J connectivity index is 2.15. The fourth-order valence-corrected chi connectivity index (χ4v) is 3.44. The number of sulfonamides is 1. The Bertz CT molecular complexity index is 728. The first-order chi connectivity index (χ1) is 9.94. The summed E-state index contributed by atoms with van der Waals surface area (Å²) in [4.78, 5) is 0.202. The minimum absolute atomic E-state index is 0.202. The van der Waals surface area contributed by atoms with E-state index in [1.807, 2.05) is 24.3 Å². The van der Waals surface area contributed by atoms with Crippen molar-refractivity contribution >= 4 is 21.6 Å². The summed E-state index contributed by atoms with van der Waals surface area (Å²) in [5.74, 6) is 0. The third-order valence-electron chi connectivity index (χ3n) is 3.23. The van der Waals surface area contributed by atoms with Gasteiger partial charge in [0, 0.05) is 18.1 Å². The van der Waals surface area contributed by atoms with Gasteiger partial charge >= 0.3 is 0 Å². The summed E-state index contributed by atoms with van der Waals surface area (Å²) < 4.78 is 27.2. The zero-order valence-electron chi connectivity index (χ0n) is 11.6. The molecule has 0 unspecified atom stereocenters. The molecule has 0 atom stereocenters. The summed E-state index contributed by atoms with van der Waals surface area (Å²) in [5.41, 5.74) is 7.95. The van der Waals surface area contributed by atoms with Gasteiger partial charge in [-0.2, -0.15) is 0 Å². The molecule has 2 aromatic carbocycles. The number of hydrogen-bond donors (Lipinski definition) is 2. The highest BCUT2D eigenvalue weighted by atomic mass is 35.5. The fourth-order valence-electron chi connectivity index (χ4n) is 1.93. The SMILES string of the molecule is Cc1c(Cl)cccc1S(=O)(=O)NCc1ccc(CN)cc1. The van der Waals surface area contributed by atoms with Crippen LogP contribution in [-0.4, -0.2) is 8.42 Å². The minimum Gasteiger partial charge on any atom is -0.326 e. The maximum absolute atomic E-state index is 12.3. The van der Waals surface area contributed by atoms with Crippen LogP contribution in [0, 0.1) is 6.92 Å². The van der Waals surface area contributed by atoms with E-state index in [4.69, 9.17) is 17.3 Å². The van der Waals surface area contributed by atoms with Crippen LogP contribution in [0.2, 0.25) is 5.02 Å². The van der Waals surface area contributed by atoms with Crippen LogP contribution in [0.15, 0.2) is 47.4 Å². The molecule has 0 amide bonds. The van der Waals surface area contributed by atoms with Crippen molar-refractivity contribution in [3.8, 4) is 0 Å². The van der Waals surface area contributed by atoms with E-state index in [-0.39, 0.29) is 11.4 Å². The monoisotopic (exact) mass is 324 g/mol. The summed E-state index contributed by atoms with van der Waals surface area (Å²) in [5, 5.41) is 0.435. The van der Waals surface area contributed by atoms with E-state index in [2.05, 4.69) is 4.72 Å². The lowest BCUT2D eigenvalue weighted by Crippen LogP contribution is -2.24. The fraction of sp³-hybridized carbons (Fsp3) is 0.200. The molecule has 21 heavy (non-hydrogen) atoms. The zero-order valence-corrected chi connectivity index (χ0v) is 13.2. The number of halogens is 1. The van der Waals surface area contributed by atoms with Crippen LogP contribution in [0.1, 0.15) is 16.7 Å². The molecule has 0 aliphatic carbocycles. The zero-order chi connectivity index (χ0) is 15.5. The lowest BCUT2D eigenvalue weighted by atomic mass is 10.1. The molecule has 0 aliphatic heterocycles. The van der Waals surface area contributed by atoms with Crippen molar-refractivity contribution < 1.29 is 8.42 Å². The minimum atomic E-state index is -3.59. The molecular formula is C15H17ClN2O2S. The van der Waals surface area contributed by atoms with Crippen molar-refractivity contribution in [1.82, 2.24) is 4.72 Å². The summed E-state index contributed by atoms with van der Waals surface area (Å²) in [6, 6.07) is 12.3. The van der Waals surface area contributed by atoms with Crippen LogP contribution in [0.25, 0.3) is 0 Å². The van der Waals surface area contributed by atoms with Gasteiger partial charge in [0.05, 0.1) is 4.90 Å². The molecule has 0 radical (unpaired) electrons. The van der Waals surface area contributed by atoms with Crippen molar-refractivity contribution in [2.75, 3.05) is 0 Å². The third-order valence-corrected chi connectivity index (χ3v) is 5.19. The van der Waals surface area contributed by atoms with Gasteiger partial charge in [0.2, 0.25) is 10.0 Å². The van der Waals surface area contributed by atoms with Gasteiger partial charge in [-0.15, -0.1) is 0 Å². The van der Waals surface area contributed by atoms with Crippen LogP contribution in [0.4, 0.5) is 0 Å². The van der Waals surface area contributed by atoms with E-state index in [1.54, 1.807) is 25.1 Å². The lowest BCUT2D eigenvalue weighted by molar-refractivity contribution is 0.580. The Hall–Kier alpha value is -1.40. The summed E-state index contributed by atoms with van der Waals surface area (Å²) in [6.45, 7) is 2.37. The summed E-state index contributed by atoms with van der Waals surface area (Å²) in [7, 11) is -3.59. The molecule has 0 heterocycles. The van der Waals surface area contributed by atoms with E-state index in [1.165, 1.54) is 0 Å². The van der Waals surface area contributed by atoms with E-state index in [9.17, 15) is 8.42 Å². The van der Waals surface area contributed by atoms with E-state index in [0.717, 1.165) is 11.1 Å². The number of nitrogens with one attached hydrogen (secondary N) is 1. The Labute approximate surface area is 130 Å². The van der Waals surface area contributed by atoms with Gasteiger partial charge in [0.1, 0.15) is 0 Å². The predicted octanol–water partition coefficient (Wildman–Crippen LogP) is 2.59. The van der Waals surface area contributed by atoms with Crippen molar-refractivity contribution in [3.05, 3.63) is 64.2 Å². The summed E-state index contributed by atoms with van der Waals surface area (Å²) >= 11 is 5.97. The number of benzene rings is 2. The van der Waals surface area contributed by atoms with Gasteiger partial charge in [-0.05, 0) is 35.7 Å². The van der Waals surface area contributed by atoms with Crippen molar-refractivity contribution in [3.63, 3.8) is 0 Å². The third kappa shape index (κ3) is 3.83. The first kappa shape index (κ1) is 16.0. The highest BCUT2D eigenvalue weighted by Gasteiger charge is 2.17. The standard InChI is InChI=1S/C15H17ClN2O2S/c1-11-14(16)3-2-4-15(11)21(19,20)18-10-13-7-5-12(9-17)6-8-13/h2-8,18H,9-10,17H2,1H3. The molecule has 6 heteroatoms. The highest BCUT2D eigenvalue weighted by Crippen LogP contribution is 2.22. The number of rotatable bonds is 5. The summed E-state index contributed by atoms with van der Waals surface area (Å²) in [6.07, 6.45) is 0. The van der Waals surface area contributed by atoms with Crippen LogP contribution < -0.4 is 10.5 Å². The molecule has 0 aliphatic rings. The second kappa shape index (κ2) is 6.58. The van der Waals surface area contributed by atoms with Gasteiger partial charge in [-0.1, -0.05) is 41.9 Å². The average molecular weight is 325 g/mol. The average Bonchev–Trinajstić information content (AvgIpc) is 2.48. The molecular weight excluding hydrogens is 308 g/mol. The molecule has 3 N–H and O–H groups in total. The predicted molar refractivity (Wildman–Crippen MR) is 84.5 cm³/mol. The molecule has 2 rings (SSSR count). The molecule has 0 bridgehead atoms. The molecule has 0 saturated carbocycles. The van der Waals surface area contributed by atoms with Crippen LogP contribution in [0.3, 0.4) is 0 Å². The van der Waals surface area contributed by atoms with Gasteiger partial charge in [0.25, 0.3) is 0 Å². The van der Waals surface area contributed by atoms with Crippen LogP contribution >= 0.6 is 11.6 Å². The largest absolute Gasteiger partial charge is 0.326 e. The number of hydrogen-bond acceptors (Lipinski definition) is 3. The maximum atomic E-state index is 12.3. The molecule has 0 saturated heterocycles. The molecule has 112 valence electrons. The first-order valence-corrected chi connectivity index (χ1v) is 8.33. The second-order valence-corrected chi connectivity index (χ2v) is 6.85. The van der Waals surface area contributed by atoms with Gasteiger partial charge in [-0.3, -0.25) is 0 Å². The molecule has 0 fully saturated rings. The second-order valence-electron chi connectivity index (χ2n) is 4.71. The normalized spacial score (nSPS) is 11.6. The van der Waals surface area contributed by atoms with Crippen LogP contribution in [0.5, 0.6) is 0 Å². The van der Waals surface area contributed by atoms with Gasteiger partial charge < -0.3 is 5.73 Å². The maximum Gasteiger partial charge on any atom is 0.241 e. The Morgan fingerprint density at radius 2 is 1.71 bits per heavy atom. The lowest BCUT2D eigenvalue weighted by Gasteiger charge is -2.10. The Morgan fingerprint density at radius 3 is 2.33 bits per heavy atom. The topological polar surface area (TPSA) is 72.2 Å². The van der Waals surface area contributed by atoms with E-state index in [0.29, 0.717) is 17.1 Å². The number of nitrogens with two attached hydrogens (primary N) is 1.